The molecule has 8 nitrogen and oxygen atoms in total. The Kier molecular flexibility index (Phi) is 6.59. The molecule has 1 heterocycles. The van der Waals surface area contributed by atoms with E-state index in [1.807, 2.05) is 0 Å². The maximum atomic E-state index is 14.1. The van der Waals surface area contributed by atoms with Crippen LogP contribution in [-0.2, 0) is 23.1 Å². The first-order valence-corrected chi connectivity index (χ1v) is 10.9. The zero-order chi connectivity index (χ0) is 21.9. The summed E-state index contributed by atoms with van der Waals surface area (Å²) in [5.74, 6) is 0.678. The fraction of sp³-hybridized carbons (Fsp3) is 0.263. The molecule has 0 fully saturated rings. The molecule has 30 heavy (non-hydrogen) atoms. The third-order valence-electron chi connectivity index (χ3n) is 4.29. The highest BCUT2D eigenvalue weighted by atomic mass is 35.5. The first-order chi connectivity index (χ1) is 14.2. The molecule has 0 unspecified atom stereocenters. The van der Waals surface area contributed by atoms with Crippen LogP contribution in [0.4, 0.5) is 4.39 Å². The zero-order valence-electron chi connectivity index (χ0n) is 16.4. The lowest BCUT2D eigenvalue weighted by atomic mass is 10.2. The van der Waals surface area contributed by atoms with E-state index in [0.29, 0.717) is 17.1 Å². The summed E-state index contributed by atoms with van der Waals surface area (Å²) in [6, 6.07) is 9.20. The minimum absolute atomic E-state index is 0.0285. The highest BCUT2D eigenvalue weighted by Gasteiger charge is 2.24. The van der Waals surface area contributed by atoms with Gasteiger partial charge in [-0.3, -0.25) is 0 Å². The maximum absolute atomic E-state index is 14.1. The number of hydrogen-bond donors (Lipinski definition) is 0. The van der Waals surface area contributed by atoms with E-state index < -0.39 is 15.8 Å². The summed E-state index contributed by atoms with van der Waals surface area (Å²) >= 11 is 6.03. The number of nitrogens with zero attached hydrogens (tertiary/aromatic N) is 3. The van der Waals surface area contributed by atoms with E-state index in [1.165, 1.54) is 32.4 Å². The van der Waals surface area contributed by atoms with E-state index in [2.05, 4.69) is 10.1 Å². The van der Waals surface area contributed by atoms with E-state index in [9.17, 15) is 12.8 Å². The van der Waals surface area contributed by atoms with Crippen LogP contribution in [0.3, 0.4) is 0 Å². The molecule has 0 aliphatic rings. The molecule has 0 atom stereocenters. The van der Waals surface area contributed by atoms with Crippen LogP contribution in [0.25, 0.3) is 11.4 Å². The predicted octanol–water partition coefficient (Wildman–Crippen LogP) is 3.51. The zero-order valence-corrected chi connectivity index (χ0v) is 18.0. The number of ether oxygens (including phenoxy) is 2. The van der Waals surface area contributed by atoms with Gasteiger partial charge in [0, 0.05) is 23.2 Å². The number of benzene rings is 2. The van der Waals surface area contributed by atoms with Crippen molar-refractivity contribution in [2.24, 2.45) is 0 Å². The van der Waals surface area contributed by atoms with E-state index in [4.69, 9.17) is 25.6 Å². The lowest BCUT2D eigenvalue weighted by Gasteiger charge is -2.19. The highest BCUT2D eigenvalue weighted by Crippen LogP contribution is 2.32. The van der Waals surface area contributed by atoms with Gasteiger partial charge in [-0.05, 0) is 24.3 Å². The molecular weight excluding hydrogens is 437 g/mol. The molecule has 2 aromatic carbocycles. The first kappa shape index (κ1) is 22.0. The van der Waals surface area contributed by atoms with Gasteiger partial charge in [0.05, 0.1) is 32.6 Å². The predicted molar refractivity (Wildman–Crippen MR) is 108 cm³/mol. The van der Waals surface area contributed by atoms with Gasteiger partial charge in [0.2, 0.25) is 21.7 Å². The summed E-state index contributed by atoms with van der Waals surface area (Å²) < 4.78 is 55.3. The van der Waals surface area contributed by atoms with Crippen molar-refractivity contribution in [2.45, 2.75) is 13.1 Å². The van der Waals surface area contributed by atoms with Crippen LogP contribution in [0, 0.1) is 5.82 Å². The second-order valence-corrected chi connectivity index (χ2v) is 8.70. The quantitative estimate of drug-likeness (QED) is 0.513. The van der Waals surface area contributed by atoms with Gasteiger partial charge in [0.15, 0.2) is 0 Å². The summed E-state index contributed by atoms with van der Waals surface area (Å²) in [5, 5.41) is 4.02. The molecule has 11 heteroatoms. The normalized spacial score (nSPS) is 11.7. The molecule has 0 N–H and O–H groups in total. The van der Waals surface area contributed by atoms with E-state index >= 15 is 0 Å². The molecule has 0 aliphatic heterocycles. The molecule has 0 aliphatic carbocycles. The lowest BCUT2D eigenvalue weighted by molar-refractivity contribution is 0.311. The average molecular weight is 456 g/mol. The van der Waals surface area contributed by atoms with Crippen molar-refractivity contribution >= 4 is 21.6 Å². The Morgan fingerprint density at radius 1 is 1.17 bits per heavy atom. The minimum atomic E-state index is -3.73. The van der Waals surface area contributed by atoms with Gasteiger partial charge in [0.1, 0.15) is 17.3 Å². The van der Waals surface area contributed by atoms with Crippen LogP contribution in [0.5, 0.6) is 11.5 Å². The van der Waals surface area contributed by atoms with Gasteiger partial charge in [-0.25, -0.2) is 12.8 Å². The Hall–Kier alpha value is -2.69. The standard InChI is InChI=1S/C19H19ClFN3O5S/c1-27-12-7-8-13(17(9-12)28-2)19-22-18(29-23-19)11-24(30(3,25)26)10-14-15(20)5-4-6-16(14)21/h4-9H,10-11H2,1-3H3. The van der Waals surface area contributed by atoms with E-state index in [-0.39, 0.29) is 35.4 Å². The Morgan fingerprint density at radius 3 is 2.57 bits per heavy atom. The van der Waals surface area contributed by atoms with E-state index in [1.54, 1.807) is 18.2 Å². The largest absolute Gasteiger partial charge is 0.497 e. The number of sulfonamides is 1. The molecular formula is C19H19ClFN3O5S. The Balaban J connectivity index is 1.88. The SMILES string of the molecule is COc1ccc(-c2noc(CN(Cc3c(F)cccc3Cl)S(C)(=O)=O)n2)c(OC)c1. The molecule has 3 aromatic rings. The summed E-state index contributed by atoms with van der Waals surface area (Å²) in [6.45, 7) is -0.539. The van der Waals surface area contributed by atoms with Crippen LogP contribution < -0.4 is 9.47 Å². The first-order valence-electron chi connectivity index (χ1n) is 8.66. The second kappa shape index (κ2) is 8.99. The molecule has 0 amide bonds. The van der Waals surface area contributed by atoms with E-state index in [0.717, 1.165) is 10.6 Å². The average Bonchev–Trinajstić information content (AvgIpc) is 3.17. The van der Waals surface area contributed by atoms with Crippen molar-refractivity contribution < 1.29 is 26.8 Å². The van der Waals surface area contributed by atoms with Crippen LogP contribution in [0.15, 0.2) is 40.9 Å². The molecule has 0 saturated heterocycles. The number of halogens is 2. The highest BCUT2D eigenvalue weighted by molar-refractivity contribution is 7.88. The summed E-state index contributed by atoms with van der Waals surface area (Å²) in [7, 11) is -0.714. The second-order valence-electron chi connectivity index (χ2n) is 6.31. The molecule has 0 radical (unpaired) electrons. The third-order valence-corrected chi connectivity index (χ3v) is 5.84. The van der Waals surface area contributed by atoms with Crippen molar-refractivity contribution in [3.63, 3.8) is 0 Å². The summed E-state index contributed by atoms with van der Waals surface area (Å²) in [5.41, 5.74) is 0.595. The minimum Gasteiger partial charge on any atom is -0.497 e. The van der Waals surface area contributed by atoms with Crippen molar-refractivity contribution in [1.82, 2.24) is 14.4 Å². The number of hydrogen-bond acceptors (Lipinski definition) is 7. The fourth-order valence-corrected chi connectivity index (χ4v) is 3.64. The molecule has 0 saturated carbocycles. The molecule has 3 rings (SSSR count). The van der Waals surface area contributed by atoms with Crippen molar-refractivity contribution in [3.05, 3.63) is 58.7 Å². The lowest BCUT2D eigenvalue weighted by Crippen LogP contribution is -2.29. The summed E-state index contributed by atoms with van der Waals surface area (Å²) in [4.78, 5) is 4.25. The van der Waals surface area contributed by atoms with Crippen LogP contribution in [0.2, 0.25) is 5.02 Å². The number of methoxy groups -OCH3 is 2. The number of rotatable bonds is 8. The molecule has 160 valence electrons. The Morgan fingerprint density at radius 2 is 1.93 bits per heavy atom. The van der Waals surface area contributed by atoms with Gasteiger partial charge >= 0.3 is 0 Å². The topological polar surface area (TPSA) is 94.8 Å². The molecule has 1 aromatic heterocycles. The van der Waals surface area contributed by atoms with Gasteiger partial charge < -0.3 is 14.0 Å². The van der Waals surface area contributed by atoms with Gasteiger partial charge in [-0.2, -0.15) is 9.29 Å². The van der Waals surface area contributed by atoms with Crippen LogP contribution in [0.1, 0.15) is 11.5 Å². The van der Waals surface area contributed by atoms with Crippen molar-refractivity contribution in [1.29, 1.82) is 0 Å². The van der Waals surface area contributed by atoms with Gasteiger partial charge in [-0.15, -0.1) is 0 Å². The van der Waals surface area contributed by atoms with Crippen LogP contribution >= 0.6 is 11.6 Å². The van der Waals surface area contributed by atoms with Crippen LogP contribution in [-0.4, -0.2) is 43.3 Å². The Bertz CT molecular complexity index is 1130. The monoisotopic (exact) mass is 455 g/mol. The van der Waals surface area contributed by atoms with Crippen molar-refractivity contribution in [3.8, 4) is 22.9 Å². The van der Waals surface area contributed by atoms with Gasteiger partial charge in [0.25, 0.3) is 0 Å². The fourth-order valence-electron chi connectivity index (χ4n) is 2.71. The maximum Gasteiger partial charge on any atom is 0.242 e. The van der Waals surface area contributed by atoms with Gasteiger partial charge in [-0.1, -0.05) is 22.8 Å². The third kappa shape index (κ3) is 4.89. The van der Waals surface area contributed by atoms with Crippen molar-refractivity contribution in [2.75, 3.05) is 20.5 Å². The Labute approximate surface area is 178 Å². The number of aromatic nitrogens is 2. The summed E-state index contributed by atoms with van der Waals surface area (Å²) in [6.07, 6.45) is 1.01. The molecule has 0 spiro atoms. The smallest absolute Gasteiger partial charge is 0.242 e. The molecule has 0 bridgehead atoms.